The maximum absolute atomic E-state index is 13.9. The number of carbonyl (C=O) groups is 2. The summed E-state index contributed by atoms with van der Waals surface area (Å²) in [6, 6.07) is 15.7. The molecule has 0 spiro atoms. The first-order chi connectivity index (χ1) is 19.0. The largest absolute Gasteiger partial charge is 0.497 e. The maximum atomic E-state index is 13.9. The van der Waals surface area contributed by atoms with Crippen molar-refractivity contribution in [2.75, 3.05) is 27.3 Å². The van der Waals surface area contributed by atoms with E-state index in [2.05, 4.69) is 23.9 Å². The van der Waals surface area contributed by atoms with Gasteiger partial charge < -0.3 is 19.5 Å². The van der Waals surface area contributed by atoms with E-state index < -0.39 is 34.2 Å². The smallest absolute Gasteiger partial charge is 0.407 e. The van der Waals surface area contributed by atoms with Crippen molar-refractivity contribution in [2.45, 2.75) is 70.4 Å². The number of ether oxygens (including phenoxy) is 3. The first kappa shape index (κ1) is 33.1. The Morgan fingerprint density at radius 2 is 1.62 bits per heavy atom. The molecule has 2 aromatic rings. The topological polar surface area (TPSA) is 111 Å². The fourth-order valence-electron chi connectivity index (χ4n) is 4.46. The second-order valence-corrected chi connectivity index (χ2v) is 12.0. The summed E-state index contributed by atoms with van der Waals surface area (Å²) in [6.07, 6.45) is 0.730. The summed E-state index contributed by atoms with van der Waals surface area (Å²) in [6.45, 7) is 8.19. The standard InChI is InChI=1S/C30H44N2O7S/c1-7-24(8-2)21-32(40(35,36)27-16-12-15-26(19-27)37-5)20-22(3)28(18-25-13-10-9-11-14-25)31-30(34)39-23(4)17-29(33)38-6/h9-16,19,22-24,28H,7-8,17-18,20-21H2,1-6H3,(H,31,34)/t22-,23-,28?/m1/s1. The van der Waals surface area contributed by atoms with Crippen LogP contribution in [0.3, 0.4) is 0 Å². The molecule has 1 amide bonds. The van der Waals surface area contributed by atoms with Crippen LogP contribution in [0.5, 0.6) is 5.75 Å². The van der Waals surface area contributed by atoms with Crippen LogP contribution in [0.1, 0.15) is 52.5 Å². The van der Waals surface area contributed by atoms with Gasteiger partial charge in [-0.3, -0.25) is 4.79 Å². The first-order valence-corrected chi connectivity index (χ1v) is 15.2. The van der Waals surface area contributed by atoms with Gasteiger partial charge in [-0.25, -0.2) is 13.2 Å². The van der Waals surface area contributed by atoms with E-state index in [1.807, 2.05) is 37.3 Å². The molecule has 0 saturated heterocycles. The minimum Gasteiger partial charge on any atom is -0.497 e. The maximum Gasteiger partial charge on any atom is 0.407 e. The minimum atomic E-state index is -3.86. The third-order valence-corrected chi connectivity index (χ3v) is 8.89. The van der Waals surface area contributed by atoms with Crippen molar-refractivity contribution < 1.29 is 32.2 Å². The van der Waals surface area contributed by atoms with Crippen molar-refractivity contribution in [2.24, 2.45) is 11.8 Å². The Balaban J connectivity index is 2.34. The molecular weight excluding hydrogens is 532 g/mol. The molecule has 0 bridgehead atoms. The van der Waals surface area contributed by atoms with Gasteiger partial charge in [-0.1, -0.05) is 70.0 Å². The Bertz CT molecular complexity index is 1170. The van der Waals surface area contributed by atoms with E-state index in [1.54, 1.807) is 25.1 Å². The molecule has 0 saturated carbocycles. The molecule has 2 aromatic carbocycles. The van der Waals surface area contributed by atoms with Crippen molar-refractivity contribution in [1.29, 1.82) is 0 Å². The molecule has 10 heteroatoms. The molecule has 0 aromatic heterocycles. The number of benzene rings is 2. The summed E-state index contributed by atoms with van der Waals surface area (Å²) in [5.74, 6) is -0.117. The van der Waals surface area contributed by atoms with E-state index in [0.717, 1.165) is 18.4 Å². The number of hydrogen-bond donors (Lipinski definition) is 1. The van der Waals surface area contributed by atoms with Gasteiger partial charge in [0.2, 0.25) is 10.0 Å². The number of hydrogen-bond acceptors (Lipinski definition) is 7. The summed E-state index contributed by atoms with van der Waals surface area (Å²) in [4.78, 5) is 24.6. The molecule has 2 rings (SSSR count). The summed E-state index contributed by atoms with van der Waals surface area (Å²) >= 11 is 0. The lowest BCUT2D eigenvalue weighted by Crippen LogP contribution is -2.47. The number of nitrogens with zero attached hydrogens (tertiary/aromatic N) is 1. The molecule has 1 unspecified atom stereocenters. The van der Waals surface area contributed by atoms with Crippen molar-refractivity contribution >= 4 is 22.1 Å². The van der Waals surface area contributed by atoms with Gasteiger partial charge in [0, 0.05) is 25.2 Å². The van der Waals surface area contributed by atoms with Gasteiger partial charge in [-0.2, -0.15) is 4.31 Å². The molecule has 40 heavy (non-hydrogen) atoms. The van der Waals surface area contributed by atoms with E-state index in [-0.39, 0.29) is 29.7 Å². The highest BCUT2D eigenvalue weighted by Crippen LogP contribution is 2.25. The van der Waals surface area contributed by atoms with Crippen LogP contribution in [-0.4, -0.2) is 64.2 Å². The SMILES string of the molecule is CCC(CC)CN(C[C@@H](C)C(Cc1ccccc1)NC(=O)O[C@H](C)CC(=O)OC)S(=O)(=O)c1cccc(OC)c1. The molecule has 0 fully saturated rings. The Kier molecular flexibility index (Phi) is 13.4. The number of esters is 1. The van der Waals surface area contributed by atoms with Gasteiger partial charge in [0.25, 0.3) is 0 Å². The summed E-state index contributed by atoms with van der Waals surface area (Å²) < 4.78 is 44.7. The molecular formula is C30H44N2O7S. The number of carbonyl (C=O) groups excluding carboxylic acids is 2. The van der Waals surface area contributed by atoms with E-state index in [0.29, 0.717) is 18.7 Å². The number of alkyl carbamates (subject to hydrolysis) is 1. The monoisotopic (exact) mass is 576 g/mol. The zero-order chi connectivity index (χ0) is 29.7. The predicted molar refractivity (Wildman–Crippen MR) is 155 cm³/mol. The number of methoxy groups -OCH3 is 2. The summed E-state index contributed by atoms with van der Waals surface area (Å²) in [5.41, 5.74) is 0.990. The third-order valence-electron chi connectivity index (χ3n) is 7.07. The Morgan fingerprint density at radius 3 is 2.23 bits per heavy atom. The average Bonchev–Trinajstić information content (AvgIpc) is 2.94. The first-order valence-electron chi connectivity index (χ1n) is 13.8. The minimum absolute atomic E-state index is 0.0647. The molecule has 0 heterocycles. The second-order valence-electron chi connectivity index (χ2n) is 10.1. The Hall–Kier alpha value is -3.11. The van der Waals surface area contributed by atoms with Crippen LogP contribution in [0.4, 0.5) is 4.79 Å². The second kappa shape index (κ2) is 16.2. The summed E-state index contributed by atoms with van der Waals surface area (Å²) in [7, 11) is -1.08. The lowest BCUT2D eigenvalue weighted by atomic mass is 9.94. The fraction of sp³-hybridized carbons (Fsp3) is 0.533. The quantitative estimate of drug-likeness (QED) is 0.279. The van der Waals surface area contributed by atoms with Gasteiger partial charge in [0.15, 0.2) is 0 Å². The number of nitrogens with one attached hydrogen (secondary N) is 1. The van der Waals surface area contributed by atoms with Crippen LogP contribution in [-0.2, 0) is 30.7 Å². The lowest BCUT2D eigenvalue weighted by molar-refractivity contribution is -0.142. The highest BCUT2D eigenvalue weighted by Gasteiger charge is 2.31. The highest BCUT2D eigenvalue weighted by molar-refractivity contribution is 7.89. The number of sulfonamides is 1. The van der Waals surface area contributed by atoms with E-state index in [9.17, 15) is 18.0 Å². The van der Waals surface area contributed by atoms with Gasteiger partial charge in [-0.05, 0) is 42.9 Å². The Labute approximate surface area is 239 Å². The molecule has 9 nitrogen and oxygen atoms in total. The average molecular weight is 577 g/mol. The van der Waals surface area contributed by atoms with Crippen LogP contribution in [0, 0.1) is 11.8 Å². The molecule has 0 aliphatic rings. The molecule has 222 valence electrons. The van der Waals surface area contributed by atoms with Crippen LogP contribution in [0.2, 0.25) is 0 Å². The van der Waals surface area contributed by atoms with Crippen molar-refractivity contribution in [3.63, 3.8) is 0 Å². The van der Waals surface area contributed by atoms with E-state index >= 15 is 0 Å². The lowest BCUT2D eigenvalue weighted by Gasteiger charge is -2.32. The van der Waals surface area contributed by atoms with Crippen molar-refractivity contribution in [1.82, 2.24) is 9.62 Å². The normalized spacial score (nSPS) is 13.9. The molecule has 0 aliphatic heterocycles. The van der Waals surface area contributed by atoms with Gasteiger partial charge in [0.05, 0.1) is 25.5 Å². The zero-order valence-corrected chi connectivity index (χ0v) is 25.3. The van der Waals surface area contributed by atoms with E-state index in [4.69, 9.17) is 9.47 Å². The fourth-order valence-corrected chi connectivity index (χ4v) is 6.11. The summed E-state index contributed by atoms with van der Waals surface area (Å²) in [5, 5.41) is 2.93. The number of rotatable bonds is 16. The molecule has 0 aliphatic carbocycles. The van der Waals surface area contributed by atoms with Crippen LogP contribution >= 0.6 is 0 Å². The van der Waals surface area contributed by atoms with Gasteiger partial charge >= 0.3 is 12.1 Å². The molecule has 1 N–H and O–H groups in total. The van der Waals surface area contributed by atoms with Gasteiger partial charge in [0.1, 0.15) is 11.9 Å². The van der Waals surface area contributed by atoms with E-state index in [1.165, 1.54) is 24.6 Å². The Morgan fingerprint density at radius 1 is 0.950 bits per heavy atom. The van der Waals surface area contributed by atoms with Crippen molar-refractivity contribution in [3.05, 3.63) is 60.2 Å². The highest BCUT2D eigenvalue weighted by atomic mass is 32.2. The molecule has 3 atom stereocenters. The third kappa shape index (κ3) is 10.1. The van der Waals surface area contributed by atoms with Gasteiger partial charge in [-0.15, -0.1) is 0 Å². The predicted octanol–water partition coefficient (Wildman–Crippen LogP) is 5.05. The zero-order valence-electron chi connectivity index (χ0n) is 24.5. The van der Waals surface area contributed by atoms with Crippen LogP contribution in [0.15, 0.2) is 59.5 Å². The molecule has 0 radical (unpaired) electrons. The van der Waals surface area contributed by atoms with Crippen LogP contribution in [0.25, 0.3) is 0 Å². The van der Waals surface area contributed by atoms with Crippen LogP contribution < -0.4 is 10.1 Å². The number of amides is 1. The van der Waals surface area contributed by atoms with Crippen molar-refractivity contribution in [3.8, 4) is 5.75 Å².